The molecule has 5 rings (SSSR count). The Labute approximate surface area is 135 Å². The van der Waals surface area contributed by atoms with E-state index in [1.165, 1.54) is 16.6 Å². The molecule has 1 aromatic heterocycles. The highest BCUT2D eigenvalue weighted by atomic mass is 16.3. The summed E-state index contributed by atoms with van der Waals surface area (Å²) in [6, 6.07) is 8.52. The van der Waals surface area contributed by atoms with Gasteiger partial charge in [0.2, 0.25) is 0 Å². The van der Waals surface area contributed by atoms with Crippen molar-refractivity contribution < 1.29 is 9.90 Å². The average molecular weight is 310 g/mol. The first kappa shape index (κ1) is 13.8. The van der Waals surface area contributed by atoms with Gasteiger partial charge in [-0.05, 0) is 44.4 Å². The number of Topliss-reactive ketones (excluding diaryl/α,β-unsaturated/α-hetero) is 1. The van der Waals surface area contributed by atoms with Crippen LogP contribution in [0.3, 0.4) is 0 Å². The van der Waals surface area contributed by atoms with E-state index in [1.807, 2.05) is 6.07 Å². The lowest BCUT2D eigenvalue weighted by Gasteiger charge is -2.54. The second kappa shape index (κ2) is 4.46. The van der Waals surface area contributed by atoms with Crippen molar-refractivity contribution in [3.63, 3.8) is 0 Å². The molecule has 4 heteroatoms. The van der Waals surface area contributed by atoms with E-state index in [1.54, 1.807) is 6.92 Å². The van der Waals surface area contributed by atoms with E-state index in [0.717, 1.165) is 37.9 Å². The zero-order chi connectivity index (χ0) is 15.8. The first-order valence-electron chi connectivity index (χ1n) is 8.68. The molecule has 0 aliphatic carbocycles. The Morgan fingerprint density at radius 1 is 1.30 bits per heavy atom. The smallest absolute Gasteiger partial charge is 0.138 e. The highest BCUT2D eigenvalue weighted by Crippen LogP contribution is 2.58. The lowest BCUT2D eigenvalue weighted by Crippen LogP contribution is -2.55. The predicted molar refractivity (Wildman–Crippen MR) is 88.2 cm³/mol. The SMILES string of the molecule is CC(=O)[C@@]12CCCN3CCc4c(n(c5ccccc45)[C@H](O)C1)[C@H]32. The molecule has 4 heterocycles. The van der Waals surface area contributed by atoms with Gasteiger partial charge in [-0.3, -0.25) is 9.69 Å². The minimum absolute atomic E-state index is 0.147. The van der Waals surface area contributed by atoms with E-state index >= 15 is 0 Å². The van der Waals surface area contributed by atoms with Crippen molar-refractivity contribution in [3.05, 3.63) is 35.5 Å². The van der Waals surface area contributed by atoms with E-state index in [-0.39, 0.29) is 11.8 Å². The third-order valence-electron chi connectivity index (χ3n) is 6.47. The van der Waals surface area contributed by atoms with Crippen LogP contribution in [0.2, 0.25) is 0 Å². The first-order chi connectivity index (χ1) is 11.1. The molecule has 0 bridgehead atoms. The molecule has 0 saturated carbocycles. The van der Waals surface area contributed by atoms with Crippen LogP contribution >= 0.6 is 0 Å². The standard InChI is InChI=1S/C19H22N2O2/c1-12(22)19-8-4-9-20-10-7-14-13-5-2-3-6-15(13)21(16(23)11-19)17(14)18(19)20/h2-3,5-6,16,18,23H,4,7-11H2,1H3/t16-,18+,19-/m1/s1. The molecule has 1 N–H and O–H groups in total. The number of nitrogens with zero attached hydrogens (tertiary/aromatic N) is 2. The number of carbonyl (C=O) groups excluding carboxylic acids is 1. The second-order valence-electron chi connectivity index (χ2n) is 7.44. The maximum atomic E-state index is 12.7. The monoisotopic (exact) mass is 310 g/mol. The first-order valence-corrected chi connectivity index (χ1v) is 8.68. The lowest BCUT2D eigenvalue weighted by molar-refractivity contribution is -0.145. The number of ketones is 1. The fraction of sp³-hybridized carbons (Fsp3) is 0.526. The van der Waals surface area contributed by atoms with Crippen LogP contribution in [0.1, 0.15) is 49.7 Å². The number of benzene rings is 1. The maximum Gasteiger partial charge on any atom is 0.138 e. The van der Waals surface area contributed by atoms with Gasteiger partial charge in [-0.15, -0.1) is 0 Å². The molecule has 1 saturated heterocycles. The number of hydrogen-bond acceptors (Lipinski definition) is 3. The van der Waals surface area contributed by atoms with E-state index in [2.05, 4.69) is 27.7 Å². The average Bonchev–Trinajstić information content (AvgIpc) is 2.89. The van der Waals surface area contributed by atoms with Gasteiger partial charge in [-0.25, -0.2) is 0 Å². The molecule has 2 aromatic rings. The molecule has 0 unspecified atom stereocenters. The Morgan fingerprint density at radius 2 is 2.13 bits per heavy atom. The number of fused-ring (bicyclic) bond motifs is 3. The Morgan fingerprint density at radius 3 is 2.96 bits per heavy atom. The summed E-state index contributed by atoms with van der Waals surface area (Å²) < 4.78 is 2.12. The van der Waals surface area contributed by atoms with Crippen LogP contribution in [-0.2, 0) is 11.2 Å². The van der Waals surface area contributed by atoms with Gasteiger partial charge in [0, 0.05) is 24.0 Å². The summed E-state index contributed by atoms with van der Waals surface area (Å²) in [4.78, 5) is 15.2. The topological polar surface area (TPSA) is 45.5 Å². The van der Waals surface area contributed by atoms with E-state index in [9.17, 15) is 9.90 Å². The molecule has 1 fully saturated rings. The maximum absolute atomic E-state index is 12.7. The Hall–Kier alpha value is -1.65. The van der Waals surface area contributed by atoms with Crippen LogP contribution in [0, 0.1) is 5.41 Å². The minimum Gasteiger partial charge on any atom is -0.373 e. The molecular formula is C19H22N2O2. The Kier molecular flexibility index (Phi) is 2.67. The number of aliphatic hydroxyl groups is 1. The van der Waals surface area contributed by atoms with Crippen molar-refractivity contribution in [1.82, 2.24) is 9.47 Å². The van der Waals surface area contributed by atoms with Crippen molar-refractivity contribution in [1.29, 1.82) is 0 Å². The van der Waals surface area contributed by atoms with Crippen molar-refractivity contribution in [3.8, 4) is 0 Å². The summed E-state index contributed by atoms with van der Waals surface area (Å²) in [5, 5.41) is 12.2. The molecule has 23 heavy (non-hydrogen) atoms. The van der Waals surface area contributed by atoms with Crippen molar-refractivity contribution in [2.75, 3.05) is 13.1 Å². The molecule has 3 atom stereocenters. The highest BCUT2D eigenvalue weighted by Gasteiger charge is 2.56. The zero-order valence-electron chi connectivity index (χ0n) is 13.5. The lowest BCUT2D eigenvalue weighted by atomic mass is 9.63. The number of aromatic nitrogens is 1. The normalized spacial score (nSPS) is 32.8. The van der Waals surface area contributed by atoms with Crippen molar-refractivity contribution >= 4 is 16.7 Å². The van der Waals surface area contributed by atoms with Gasteiger partial charge in [-0.2, -0.15) is 0 Å². The van der Waals surface area contributed by atoms with Gasteiger partial charge in [0.15, 0.2) is 0 Å². The van der Waals surface area contributed by atoms with E-state index < -0.39 is 11.6 Å². The van der Waals surface area contributed by atoms with Crippen LogP contribution < -0.4 is 0 Å². The Balaban J connectivity index is 1.87. The van der Waals surface area contributed by atoms with Crippen LogP contribution in [0.4, 0.5) is 0 Å². The van der Waals surface area contributed by atoms with Crippen LogP contribution in [0.25, 0.3) is 10.9 Å². The van der Waals surface area contributed by atoms with E-state index in [0.29, 0.717) is 6.42 Å². The van der Waals surface area contributed by atoms with Gasteiger partial charge in [-0.1, -0.05) is 18.2 Å². The minimum atomic E-state index is -0.596. The number of hydrogen-bond donors (Lipinski definition) is 1. The number of piperidine rings is 1. The third-order valence-corrected chi connectivity index (χ3v) is 6.47. The van der Waals surface area contributed by atoms with Gasteiger partial charge in [0.05, 0.1) is 17.0 Å². The molecule has 0 amide bonds. The fourth-order valence-electron chi connectivity index (χ4n) is 5.52. The quantitative estimate of drug-likeness (QED) is 0.881. The summed E-state index contributed by atoms with van der Waals surface area (Å²) in [6.45, 7) is 3.82. The molecule has 3 aliphatic rings. The molecule has 0 spiro atoms. The molecule has 4 nitrogen and oxygen atoms in total. The molecule has 3 aliphatic heterocycles. The van der Waals surface area contributed by atoms with Gasteiger partial charge >= 0.3 is 0 Å². The summed E-state index contributed by atoms with van der Waals surface area (Å²) >= 11 is 0. The third kappa shape index (κ3) is 1.56. The largest absolute Gasteiger partial charge is 0.373 e. The summed E-state index contributed by atoms with van der Waals surface area (Å²) in [6.07, 6.45) is 2.93. The summed E-state index contributed by atoms with van der Waals surface area (Å²) in [5.41, 5.74) is 3.28. The zero-order valence-corrected chi connectivity index (χ0v) is 13.5. The fourth-order valence-corrected chi connectivity index (χ4v) is 5.52. The van der Waals surface area contributed by atoms with Crippen molar-refractivity contribution in [2.45, 2.75) is 44.9 Å². The van der Waals surface area contributed by atoms with Crippen molar-refractivity contribution in [2.24, 2.45) is 5.41 Å². The van der Waals surface area contributed by atoms with Crippen LogP contribution in [0.5, 0.6) is 0 Å². The summed E-state index contributed by atoms with van der Waals surface area (Å²) in [5.74, 6) is 0.246. The highest BCUT2D eigenvalue weighted by molar-refractivity contribution is 5.89. The van der Waals surface area contributed by atoms with Crippen LogP contribution in [0.15, 0.2) is 24.3 Å². The number of rotatable bonds is 1. The van der Waals surface area contributed by atoms with E-state index in [4.69, 9.17) is 0 Å². The summed E-state index contributed by atoms with van der Waals surface area (Å²) in [7, 11) is 0. The molecule has 1 aromatic carbocycles. The van der Waals surface area contributed by atoms with Gasteiger partial charge in [0.25, 0.3) is 0 Å². The number of para-hydroxylation sites is 1. The number of aliphatic hydroxyl groups excluding tert-OH is 1. The van der Waals surface area contributed by atoms with Crippen LogP contribution in [-0.4, -0.2) is 33.4 Å². The molecule has 120 valence electrons. The second-order valence-corrected chi connectivity index (χ2v) is 7.44. The molecule has 0 radical (unpaired) electrons. The Bertz CT molecular complexity index is 824. The molecular weight excluding hydrogens is 288 g/mol. The van der Waals surface area contributed by atoms with Gasteiger partial charge < -0.3 is 9.67 Å². The van der Waals surface area contributed by atoms with Gasteiger partial charge in [0.1, 0.15) is 12.0 Å². The predicted octanol–water partition coefficient (Wildman–Crippen LogP) is 2.80. The number of carbonyl (C=O) groups is 1.